The Balaban J connectivity index is 2.39. The molecule has 0 bridgehead atoms. The molecule has 1 aliphatic rings. The lowest BCUT2D eigenvalue weighted by molar-refractivity contribution is -0.143. The van der Waals surface area contributed by atoms with Crippen molar-refractivity contribution in [3.05, 3.63) is 34.9 Å². The van der Waals surface area contributed by atoms with Gasteiger partial charge in [-0.15, -0.1) is 0 Å². The van der Waals surface area contributed by atoms with Gasteiger partial charge < -0.3 is 9.47 Å². The number of ether oxygens (including phenoxy) is 2. The fourth-order valence-electron chi connectivity index (χ4n) is 2.05. The molecule has 2 atom stereocenters. The van der Waals surface area contributed by atoms with E-state index in [1.807, 2.05) is 0 Å². The Morgan fingerprint density at radius 2 is 1.85 bits per heavy atom. The van der Waals surface area contributed by atoms with Gasteiger partial charge in [-0.1, -0.05) is 23.7 Å². The summed E-state index contributed by atoms with van der Waals surface area (Å²) in [6, 6.07) is 6.05. The molecule has 1 aromatic carbocycles. The number of halogens is 1. The van der Waals surface area contributed by atoms with Crippen molar-refractivity contribution in [2.45, 2.75) is 12.0 Å². The number of benzene rings is 1. The highest BCUT2D eigenvalue weighted by Crippen LogP contribution is 2.28. The fourth-order valence-corrected chi connectivity index (χ4v) is 2.18. The van der Waals surface area contributed by atoms with Crippen molar-refractivity contribution in [1.82, 2.24) is 5.43 Å². The molecule has 0 spiro atoms. The molecule has 7 heteroatoms. The Morgan fingerprint density at radius 3 is 2.40 bits per heavy atom. The van der Waals surface area contributed by atoms with Crippen LogP contribution < -0.4 is 5.43 Å². The summed E-state index contributed by atoms with van der Waals surface area (Å²) in [7, 11) is 2.54. The third kappa shape index (κ3) is 2.60. The van der Waals surface area contributed by atoms with E-state index in [1.165, 1.54) is 14.2 Å². The standard InChI is InChI=1S/C13H13ClN2O4/c1-19-12(17)10-9(7-3-5-8(14)6-4-7)11(16-15-10)13(18)20-2/h3-6,9-10,15H,1-2H3/t9-,10+/m0/s1. The van der Waals surface area contributed by atoms with Crippen molar-refractivity contribution in [2.24, 2.45) is 5.10 Å². The van der Waals surface area contributed by atoms with Crippen LogP contribution in [0.1, 0.15) is 11.5 Å². The molecule has 6 nitrogen and oxygen atoms in total. The minimum absolute atomic E-state index is 0.130. The summed E-state index contributed by atoms with van der Waals surface area (Å²) in [5, 5.41) is 4.46. The first-order valence-electron chi connectivity index (χ1n) is 5.83. The van der Waals surface area contributed by atoms with Crippen LogP contribution in [0.25, 0.3) is 0 Å². The second-order valence-corrected chi connectivity index (χ2v) is 4.58. The number of carbonyl (C=O) groups excluding carboxylic acids is 2. The Labute approximate surface area is 120 Å². The molecular formula is C13H13ClN2O4. The van der Waals surface area contributed by atoms with Gasteiger partial charge in [-0.2, -0.15) is 5.10 Å². The average Bonchev–Trinajstić information content (AvgIpc) is 2.91. The van der Waals surface area contributed by atoms with Gasteiger partial charge in [0.25, 0.3) is 0 Å². The highest BCUT2D eigenvalue weighted by Gasteiger charge is 2.42. The number of hydrazone groups is 1. The molecule has 1 aromatic rings. The Morgan fingerprint density at radius 1 is 1.20 bits per heavy atom. The predicted molar refractivity (Wildman–Crippen MR) is 72.6 cm³/mol. The highest BCUT2D eigenvalue weighted by molar-refractivity contribution is 6.39. The summed E-state index contributed by atoms with van der Waals surface area (Å²) in [4.78, 5) is 23.5. The second kappa shape index (κ2) is 5.92. The van der Waals surface area contributed by atoms with Crippen molar-refractivity contribution in [3.63, 3.8) is 0 Å². The van der Waals surface area contributed by atoms with Crippen LogP contribution in [0.5, 0.6) is 0 Å². The third-order valence-corrected chi connectivity index (χ3v) is 3.28. The lowest BCUT2D eigenvalue weighted by Gasteiger charge is -2.18. The molecule has 1 aliphatic heterocycles. The SMILES string of the molecule is COC(=O)C1=NN[C@@H](C(=O)OC)[C@@H]1c1ccc(Cl)cc1. The van der Waals surface area contributed by atoms with Gasteiger partial charge in [-0.3, -0.25) is 5.43 Å². The second-order valence-electron chi connectivity index (χ2n) is 4.15. The number of carbonyl (C=O) groups is 2. The number of nitrogens with one attached hydrogen (secondary N) is 1. The molecule has 0 aliphatic carbocycles. The molecule has 0 saturated heterocycles. The monoisotopic (exact) mass is 296 g/mol. The molecule has 0 radical (unpaired) electrons. The summed E-state index contributed by atoms with van der Waals surface area (Å²) < 4.78 is 9.40. The smallest absolute Gasteiger partial charge is 0.354 e. The molecule has 0 saturated carbocycles. The average molecular weight is 297 g/mol. The zero-order valence-corrected chi connectivity index (χ0v) is 11.7. The molecule has 1 N–H and O–H groups in total. The van der Waals surface area contributed by atoms with Crippen LogP contribution in [-0.4, -0.2) is 37.9 Å². The zero-order chi connectivity index (χ0) is 14.7. The van der Waals surface area contributed by atoms with Gasteiger partial charge in [0.15, 0.2) is 11.8 Å². The maximum absolute atomic E-state index is 11.8. The summed E-state index contributed by atoms with van der Waals surface area (Å²) in [5.41, 5.74) is 3.47. The molecule has 0 fully saturated rings. The number of nitrogens with zero attached hydrogens (tertiary/aromatic N) is 1. The van der Waals surface area contributed by atoms with E-state index >= 15 is 0 Å². The first-order chi connectivity index (χ1) is 9.58. The van der Waals surface area contributed by atoms with Crippen LogP contribution >= 0.6 is 11.6 Å². The Hall–Kier alpha value is -2.08. The summed E-state index contributed by atoms with van der Waals surface area (Å²) in [6.07, 6.45) is 0. The van der Waals surface area contributed by atoms with Gasteiger partial charge >= 0.3 is 11.9 Å². The summed E-state index contributed by atoms with van der Waals surface area (Å²) >= 11 is 5.84. The maximum Gasteiger partial charge on any atom is 0.354 e. The number of esters is 2. The molecular weight excluding hydrogens is 284 g/mol. The minimum atomic E-state index is -0.768. The number of rotatable bonds is 3. The van der Waals surface area contributed by atoms with Crippen LogP contribution in [0.4, 0.5) is 0 Å². The van der Waals surface area contributed by atoms with Crippen molar-refractivity contribution < 1.29 is 19.1 Å². The van der Waals surface area contributed by atoms with E-state index in [0.29, 0.717) is 5.02 Å². The minimum Gasteiger partial charge on any atom is -0.467 e. The molecule has 106 valence electrons. The maximum atomic E-state index is 11.8. The van der Waals surface area contributed by atoms with Crippen molar-refractivity contribution in [1.29, 1.82) is 0 Å². The third-order valence-electron chi connectivity index (χ3n) is 3.03. The van der Waals surface area contributed by atoms with Gasteiger partial charge in [0.2, 0.25) is 0 Å². The van der Waals surface area contributed by atoms with E-state index in [4.69, 9.17) is 16.3 Å². The number of hydrogen-bond donors (Lipinski definition) is 1. The summed E-state index contributed by atoms with van der Waals surface area (Å²) in [6.45, 7) is 0. The van der Waals surface area contributed by atoms with Crippen LogP contribution in [-0.2, 0) is 19.1 Å². The first-order valence-corrected chi connectivity index (χ1v) is 6.21. The van der Waals surface area contributed by atoms with E-state index in [0.717, 1.165) is 5.56 Å². The lowest BCUT2D eigenvalue weighted by Crippen LogP contribution is -2.38. The van der Waals surface area contributed by atoms with Gasteiger partial charge in [-0.25, -0.2) is 9.59 Å². The van der Waals surface area contributed by atoms with E-state index in [1.54, 1.807) is 24.3 Å². The van der Waals surface area contributed by atoms with Crippen LogP contribution in [0.2, 0.25) is 5.02 Å². The van der Waals surface area contributed by atoms with Crippen LogP contribution in [0.3, 0.4) is 0 Å². The van der Waals surface area contributed by atoms with E-state index in [2.05, 4.69) is 15.3 Å². The zero-order valence-electron chi connectivity index (χ0n) is 10.9. The predicted octanol–water partition coefficient (Wildman–Crippen LogP) is 1.10. The van der Waals surface area contributed by atoms with Crippen LogP contribution in [0.15, 0.2) is 29.4 Å². The lowest BCUT2D eigenvalue weighted by atomic mass is 9.88. The van der Waals surface area contributed by atoms with E-state index in [-0.39, 0.29) is 5.71 Å². The van der Waals surface area contributed by atoms with Crippen molar-refractivity contribution >= 4 is 29.3 Å². The molecule has 0 amide bonds. The topological polar surface area (TPSA) is 77.0 Å². The van der Waals surface area contributed by atoms with E-state index in [9.17, 15) is 9.59 Å². The largest absolute Gasteiger partial charge is 0.467 e. The van der Waals surface area contributed by atoms with Gasteiger partial charge in [-0.05, 0) is 17.7 Å². The Bertz CT molecular complexity index is 556. The van der Waals surface area contributed by atoms with Gasteiger partial charge in [0.05, 0.1) is 20.1 Å². The van der Waals surface area contributed by atoms with Crippen molar-refractivity contribution in [3.8, 4) is 0 Å². The van der Waals surface area contributed by atoms with E-state index < -0.39 is 23.9 Å². The molecule has 1 heterocycles. The van der Waals surface area contributed by atoms with Gasteiger partial charge in [0, 0.05) is 5.02 Å². The molecule has 0 unspecified atom stereocenters. The number of methoxy groups -OCH3 is 2. The highest BCUT2D eigenvalue weighted by atomic mass is 35.5. The van der Waals surface area contributed by atoms with Crippen molar-refractivity contribution in [2.75, 3.05) is 14.2 Å². The Kier molecular flexibility index (Phi) is 4.24. The summed E-state index contributed by atoms with van der Waals surface area (Å²) in [5.74, 6) is -1.68. The molecule has 20 heavy (non-hydrogen) atoms. The van der Waals surface area contributed by atoms with Crippen LogP contribution in [0, 0.1) is 0 Å². The number of hydrogen-bond acceptors (Lipinski definition) is 6. The first kappa shape index (κ1) is 14.3. The fraction of sp³-hybridized carbons (Fsp3) is 0.308. The van der Waals surface area contributed by atoms with Gasteiger partial charge in [0.1, 0.15) is 0 Å². The molecule has 2 rings (SSSR count). The quantitative estimate of drug-likeness (QED) is 0.845. The molecule has 0 aromatic heterocycles. The normalized spacial score (nSPS) is 20.9.